The Kier molecular flexibility index (Phi) is 3.53. The normalized spacial score (nSPS) is 22.8. The molecule has 1 fully saturated rings. The summed E-state index contributed by atoms with van der Waals surface area (Å²) in [7, 11) is -3.13. The van der Waals surface area contributed by atoms with Crippen molar-refractivity contribution in [3.63, 3.8) is 0 Å². The third-order valence-corrected chi connectivity index (χ3v) is 5.26. The van der Waals surface area contributed by atoms with Crippen LogP contribution in [0.4, 0.5) is 0 Å². The monoisotopic (exact) mass is 257 g/mol. The van der Waals surface area contributed by atoms with Crippen LogP contribution >= 0.6 is 0 Å². The lowest BCUT2D eigenvalue weighted by atomic mass is 10.00. The molecule has 0 aliphatic carbocycles. The number of aryl methyl sites for hydroxylation is 1. The molecule has 0 bridgehead atoms. The second-order valence-corrected chi connectivity index (χ2v) is 6.70. The molecule has 0 saturated carbocycles. The maximum absolute atomic E-state index is 12.1. The lowest BCUT2D eigenvalue weighted by Gasteiger charge is -2.34. The largest absolute Gasteiger partial charge is 0.281 e. The van der Waals surface area contributed by atoms with E-state index in [1.165, 1.54) is 0 Å². The molecule has 1 aromatic heterocycles. The summed E-state index contributed by atoms with van der Waals surface area (Å²) in [6.45, 7) is 4.28. The summed E-state index contributed by atoms with van der Waals surface area (Å²) in [5.74, 6) is 0.163. The highest BCUT2D eigenvalue weighted by atomic mass is 32.2. The number of hydrogen-bond acceptors (Lipinski definition) is 3. The molecular formula is C11H19N3O2S. The highest BCUT2D eigenvalue weighted by Crippen LogP contribution is 2.33. The van der Waals surface area contributed by atoms with Gasteiger partial charge >= 0.3 is 0 Å². The zero-order chi connectivity index (χ0) is 12.5. The fourth-order valence-electron chi connectivity index (χ4n) is 2.39. The number of aromatic amines is 1. The smallest absolute Gasteiger partial charge is 0.214 e. The molecule has 6 heteroatoms. The van der Waals surface area contributed by atoms with Crippen molar-refractivity contribution < 1.29 is 8.42 Å². The third-order valence-electron chi connectivity index (χ3n) is 3.38. The summed E-state index contributed by atoms with van der Waals surface area (Å²) in [6, 6.07) is -0.0591. The Labute approximate surface area is 102 Å². The standard InChI is InChI=1S/C11H19N3O2S/c1-3-17(15,16)14-7-5-4-6-10(14)11-9(2)8-12-13-11/h8,10H,3-7H2,1-2H3,(H,12,13)/t10-/m1/s1. The van der Waals surface area contributed by atoms with E-state index in [9.17, 15) is 8.42 Å². The molecule has 1 saturated heterocycles. The number of nitrogens with zero attached hydrogens (tertiary/aromatic N) is 2. The predicted molar refractivity (Wildman–Crippen MR) is 66.1 cm³/mol. The van der Waals surface area contributed by atoms with Gasteiger partial charge in [-0.1, -0.05) is 6.42 Å². The van der Waals surface area contributed by atoms with Crippen LogP contribution in [0.2, 0.25) is 0 Å². The Morgan fingerprint density at radius 1 is 1.53 bits per heavy atom. The van der Waals surface area contributed by atoms with Gasteiger partial charge in [0, 0.05) is 6.54 Å². The number of aromatic nitrogens is 2. The van der Waals surface area contributed by atoms with Crippen molar-refractivity contribution >= 4 is 10.0 Å². The Morgan fingerprint density at radius 2 is 2.29 bits per heavy atom. The van der Waals surface area contributed by atoms with Crippen LogP contribution in [-0.4, -0.2) is 35.2 Å². The highest BCUT2D eigenvalue weighted by Gasteiger charge is 2.33. The van der Waals surface area contributed by atoms with Crippen molar-refractivity contribution in [1.29, 1.82) is 0 Å². The molecule has 0 amide bonds. The first kappa shape index (κ1) is 12.6. The Hall–Kier alpha value is -0.880. The molecule has 1 aromatic rings. The van der Waals surface area contributed by atoms with Crippen molar-refractivity contribution in [3.05, 3.63) is 17.5 Å². The molecular weight excluding hydrogens is 238 g/mol. The maximum Gasteiger partial charge on any atom is 0.214 e. The first-order valence-corrected chi connectivity index (χ1v) is 7.66. The van der Waals surface area contributed by atoms with Crippen molar-refractivity contribution in [2.45, 2.75) is 39.2 Å². The van der Waals surface area contributed by atoms with Crippen LogP contribution in [-0.2, 0) is 10.0 Å². The second kappa shape index (κ2) is 4.78. The quantitative estimate of drug-likeness (QED) is 0.894. The van der Waals surface area contributed by atoms with Crippen LogP contribution in [0.3, 0.4) is 0 Å². The van der Waals surface area contributed by atoms with Gasteiger partial charge in [-0.25, -0.2) is 8.42 Å². The number of sulfonamides is 1. The molecule has 2 rings (SSSR count). The first-order valence-electron chi connectivity index (χ1n) is 6.05. The number of H-pyrrole nitrogens is 1. The fraction of sp³-hybridized carbons (Fsp3) is 0.727. The fourth-order valence-corrected chi connectivity index (χ4v) is 3.72. The van der Waals surface area contributed by atoms with Gasteiger partial charge in [0.25, 0.3) is 0 Å². The summed E-state index contributed by atoms with van der Waals surface area (Å²) in [6.07, 6.45) is 4.64. The molecule has 1 N–H and O–H groups in total. The topological polar surface area (TPSA) is 66.1 Å². The number of hydrogen-bond donors (Lipinski definition) is 1. The zero-order valence-electron chi connectivity index (χ0n) is 10.3. The van der Waals surface area contributed by atoms with Crippen LogP contribution in [0, 0.1) is 6.92 Å². The molecule has 2 heterocycles. The van der Waals surface area contributed by atoms with E-state index < -0.39 is 10.0 Å². The minimum atomic E-state index is -3.13. The number of rotatable bonds is 3. The van der Waals surface area contributed by atoms with Gasteiger partial charge in [0.15, 0.2) is 0 Å². The van der Waals surface area contributed by atoms with Gasteiger partial charge in [-0.05, 0) is 32.3 Å². The van der Waals surface area contributed by atoms with Crippen LogP contribution in [0.25, 0.3) is 0 Å². The van der Waals surface area contributed by atoms with Crippen molar-refractivity contribution in [3.8, 4) is 0 Å². The van der Waals surface area contributed by atoms with Crippen molar-refractivity contribution in [2.75, 3.05) is 12.3 Å². The summed E-state index contributed by atoms with van der Waals surface area (Å²) in [4.78, 5) is 0. The minimum absolute atomic E-state index is 0.0591. The first-order chi connectivity index (χ1) is 8.06. The van der Waals surface area contributed by atoms with E-state index >= 15 is 0 Å². The van der Waals surface area contributed by atoms with E-state index in [2.05, 4.69) is 10.2 Å². The summed E-state index contributed by atoms with van der Waals surface area (Å²) < 4.78 is 25.8. The Bertz CT molecular complexity index is 481. The number of nitrogens with one attached hydrogen (secondary N) is 1. The summed E-state index contributed by atoms with van der Waals surface area (Å²) in [5.41, 5.74) is 1.98. The van der Waals surface area contributed by atoms with Crippen LogP contribution < -0.4 is 0 Å². The minimum Gasteiger partial charge on any atom is -0.281 e. The molecule has 0 spiro atoms. The van der Waals surface area contributed by atoms with E-state index in [1.807, 2.05) is 6.92 Å². The van der Waals surface area contributed by atoms with Gasteiger partial charge in [0.1, 0.15) is 0 Å². The Balaban J connectivity index is 2.34. The molecule has 1 aliphatic rings. The van der Waals surface area contributed by atoms with Gasteiger partial charge in [0.05, 0.1) is 23.7 Å². The predicted octanol–water partition coefficient (Wildman–Crippen LogP) is 1.59. The third kappa shape index (κ3) is 2.37. The molecule has 0 aromatic carbocycles. The van der Waals surface area contributed by atoms with E-state index in [0.29, 0.717) is 6.54 Å². The van der Waals surface area contributed by atoms with Crippen LogP contribution in [0.15, 0.2) is 6.20 Å². The average Bonchev–Trinajstić information content (AvgIpc) is 2.75. The molecule has 0 unspecified atom stereocenters. The van der Waals surface area contributed by atoms with E-state index in [4.69, 9.17) is 0 Å². The van der Waals surface area contributed by atoms with E-state index in [1.54, 1.807) is 17.4 Å². The van der Waals surface area contributed by atoms with Crippen LogP contribution in [0.5, 0.6) is 0 Å². The highest BCUT2D eigenvalue weighted by molar-refractivity contribution is 7.89. The van der Waals surface area contributed by atoms with Gasteiger partial charge in [-0.15, -0.1) is 0 Å². The van der Waals surface area contributed by atoms with Gasteiger partial charge in [0.2, 0.25) is 10.0 Å². The van der Waals surface area contributed by atoms with Crippen molar-refractivity contribution in [1.82, 2.24) is 14.5 Å². The molecule has 96 valence electrons. The van der Waals surface area contributed by atoms with Gasteiger partial charge in [-0.3, -0.25) is 5.10 Å². The molecule has 17 heavy (non-hydrogen) atoms. The number of piperidine rings is 1. The maximum atomic E-state index is 12.1. The SMILES string of the molecule is CCS(=O)(=O)N1CCCC[C@@H]1c1[nH]ncc1C. The zero-order valence-corrected chi connectivity index (χ0v) is 11.1. The van der Waals surface area contributed by atoms with Gasteiger partial charge in [-0.2, -0.15) is 9.40 Å². The van der Waals surface area contributed by atoms with Crippen LogP contribution in [0.1, 0.15) is 43.5 Å². The van der Waals surface area contributed by atoms with Gasteiger partial charge < -0.3 is 0 Å². The van der Waals surface area contributed by atoms with Crippen molar-refractivity contribution in [2.24, 2.45) is 0 Å². The average molecular weight is 257 g/mol. The molecule has 1 atom stereocenters. The molecule has 0 radical (unpaired) electrons. The Morgan fingerprint density at radius 3 is 2.88 bits per heavy atom. The van der Waals surface area contributed by atoms with E-state index in [-0.39, 0.29) is 11.8 Å². The lowest BCUT2D eigenvalue weighted by molar-refractivity contribution is 0.251. The molecule has 1 aliphatic heterocycles. The summed E-state index contributed by atoms with van der Waals surface area (Å²) >= 11 is 0. The second-order valence-electron chi connectivity index (χ2n) is 4.49. The van der Waals surface area contributed by atoms with E-state index in [0.717, 1.165) is 30.5 Å². The lowest BCUT2D eigenvalue weighted by Crippen LogP contribution is -2.39. The molecule has 5 nitrogen and oxygen atoms in total. The summed E-state index contributed by atoms with van der Waals surface area (Å²) in [5, 5.41) is 6.94.